The molecule has 0 bridgehead atoms. The maximum Gasteiger partial charge on any atom is 0.323 e. The summed E-state index contributed by atoms with van der Waals surface area (Å²) in [6.07, 6.45) is 2.07. The number of aromatic nitrogens is 2. The van der Waals surface area contributed by atoms with E-state index < -0.39 is 5.78 Å². The van der Waals surface area contributed by atoms with Gasteiger partial charge in [0.1, 0.15) is 0 Å². The van der Waals surface area contributed by atoms with Crippen molar-refractivity contribution < 1.29 is 9.22 Å². The molecule has 1 aromatic rings. The van der Waals surface area contributed by atoms with E-state index in [0.717, 1.165) is 12.4 Å². The molecule has 0 spiro atoms. The van der Waals surface area contributed by atoms with E-state index in [-0.39, 0.29) is 11.4 Å². The van der Waals surface area contributed by atoms with Crippen LogP contribution in [0, 0.1) is 17.0 Å². The van der Waals surface area contributed by atoms with Gasteiger partial charge in [-0.3, -0.25) is 4.79 Å². The molecule has 0 aromatic carbocycles. The fraction of sp³-hybridized carbons (Fsp3) is 0.286. The predicted octanol–water partition coefficient (Wildman–Crippen LogP) is 0.260. The van der Waals surface area contributed by atoms with E-state index in [0.29, 0.717) is 9.16 Å². The number of nitrogens with zero attached hydrogens (tertiary/aromatic N) is 2. The maximum absolute atomic E-state index is 11.0. The quantitative estimate of drug-likeness (QED) is 0.446. The molecule has 1 rings (SSSR count). The molecule has 0 radical (unpaired) electrons. The van der Waals surface area contributed by atoms with Crippen LogP contribution < -0.4 is 4.43 Å². The van der Waals surface area contributed by atoms with Gasteiger partial charge in [-0.25, -0.2) is 0 Å². The highest BCUT2D eigenvalue weighted by molar-refractivity contribution is 5.91. The number of carbonyl (C=O) groups excluding carboxylic acids is 1. The topological polar surface area (TPSA) is 68.0 Å². The molecule has 5 nitrogen and oxygen atoms in total. The molecular formula is C7H8N2O3. The Morgan fingerprint density at radius 1 is 1.67 bits per heavy atom. The van der Waals surface area contributed by atoms with Gasteiger partial charge < -0.3 is 9.94 Å². The molecule has 64 valence electrons. The molecule has 5 heteroatoms. The van der Waals surface area contributed by atoms with Crippen molar-refractivity contribution in [2.45, 2.75) is 13.8 Å². The third kappa shape index (κ3) is 1.20. The number of hydrogen-bond acceptors (Lipinski definition) is 3. The van der Waals surface area contributed by atoms with Crippen molar-refractivity contribution >= 4 is 5.78 Å². The Labute approximate surface area is 68.4 Å². The second-order valence-corrected chi connectivity index (χ2v) is 2.44. The maximum atomic E-state index is 11.0. The van der Waals surface area contributed by atoms with Crippen molar-refractivity contribution in [1.82, 2.24) is 4.73 Å². The molecule has 12 heavy (non-hydrogen) atoms. The lowest BCUT2D eigenvalue weighted by molar-refractivity contribution is -0.498. The first kappa shape index (κ1) is 8.45. The van der Waals surface area contributed by atoms with E-state index in [9.17, 15) is 14.9 Å². The molecule has 0 unspecified atom stereocenters. The smallest absolute Gasteiger partial charge is 0.323 e. The Morgan fingerprint density at radius 2 is 2.25 bits per heavy atom. The lowest BCUT2D eigenvalue weighted by Gasteiger charge is -2.10. The van der Waals surface area contributed by atoms with Crippen LogP contribution in [0.4, 0.5) is 0 Å². The van der Waals surface area contributed by atoms with Crippen LogP contribution in [0.25, 0.3) is 0 Å². The summed E-state index contributed by atoms with van der Waals surface area (Å²) < 4.78 is 0.886. The average molecular weight is 168 g/mol. The van der Waals surface area contributed by atoms with Crippen molar-refractivity contribution in [3.63, 3.8) is 0 Å². The van der Waals surface area contributed by atoms with Gasteiger partial charge in [-0.15, -0.1) is 0 Å². The minimum atomic E-state index is -0.410. The van der Waals surface area contributed by atoms with E-state index in [4.69, 9.17) is 0 Å². The summed E-state index contributed by atoms with van der Waals surface area (Å²) >= 11 is 0. The van der Waals surface area contributed by atoms with E-state index in [2.05, 4.69) is 0 Å². The third-order valence-electron chi connectivity index (χ3n) is 1.56. The SMILES string of the molecule is CC(=O)c1c(C)n([O-])cc[n+]1=O. The van der Waals surface area contributed by atoms with Crippen LogP contribution in [0.3, 0.4) is 0 Å². The molecule has 1 aromatic heterocycles. The zero-order valence-corrected chi connectivity index (χ0v) is 6.77. The molecule has 1 heterocycles. The predicted molar refractivity (Wildman–Crippen MR) is 41.3 cm³/mol. The van der Waals surface area contributed by atoms with Crippen molar-refractivity contribution in [2.24, 2.45) is 0 Å². The zero-order chi connectivity index (χ0) is 9.30. The van der Waals surface area contributed by atoms with Gasteiger partial charge in [-0.05, 0) is 6.92 Å². The highest BCUT2D eigenvalue weighted by Gasteiger charge is 2.17. The Kier molecular flexibility index (Phi) is 1.95. The van der Waals surface area contributed by atoms with Gasteiger partial charge in [0.2, 0.25) is 12.0 Å². The number of rotatable bonds is 1. The fourth-order valence-electron chi connectivity index (χ4n) is 0.981. The second kappa shape index (κ2) is 2.77. The van der Waals surface area contributed by atoms with Gasteiger partial charge in [0, 0.05) is 11.8 Å². The first-order valence-corrected chi connectivity index (χ1v) is 3.37. The van der Waals surface area contributed by atoms with Gasteiger partial charge in [0.05, 0.1) is 16.3 Å². The van der Waals surface area contributed by atoms with E-state index in [1.807, 2.05) is 0 Å². The van der Waals surface area contributed by atoms with Gasteiger partial charge >= 0.3 is 5.69 Å². The first-order chi connectivity index (χ1) is 5.54. The molecular weight excluding hydrogens is 160 g/mol. The van der Waals surface area contributed by atoms with Crippen LogP contribution in [0.15, 0.2) is 12.4 Å². The summed E-state index contributed by atoms with van der Waals surface area (Å²) in [7, 11) is 0. The van der Waals surface area contributed by atoms with Gasteiger partial charge in [-0.2, -0.15) is 0 Å². The van der Waals surface area contributed by atoms with E-state index in [1.54, 1.807) is 0 Å². The molecule has 0 amide bonds. The van der Waals surface area contributed by atoms with Gasteiger partial charge in [0.15, 0.2) is 0 Å². The third-order valence-corrected chi connectivity index (χ3v) is 1.56. The van der Waals surface area contributed by atoms with E-state index >= 15 is 0 Å². The van der Waals surface area contributed by atoms with Crippen LogP contribution in [-0.2, 0) is 0 Å². The monoisotopic (exact) mass is 168 g/mol. The van der Waals surface area contributed by atoms with Gasteiger partial charge in [0.25, 0.3) is 0 Å². The molecule has 0 aliphatic rings. The molecule has 0 saturated carbocycles. The second-order valence-electron chi connectivity index (χ2n) is 2.44. The van der Waals surface area contributed by atoms with E-state index in [1.165, 1.54) is 13.8 Å². The molecule has 0 N–H and O–H groups in total. The minimum Gasteiger partial charge on any atom is -0.805 e. The number of hydrogen-bond donors (Lipinski definition) is 0. The Hall–Kier alpha value is -1.65. The van der Waals surface area contributed by atoms with Crippen molar-refractivity contribution in [1.29, 1.82) is 0 Å². The Morgan fingerprint density at radius 3 is 2.67 bits per heavy atom. The number of Topliss-reactive ketones (excluding diaryl/α,β-unsaturated/α-hetero) is 1. The lowest BCUT2D eigenvalue weighted by atomic mass is 10.2. The Balaban J connectivity index is 3.54. The molecule has 0 atom stereocenters. The molecule has 0 saturated heterocycles. The van der Waals surface area contributed by atoms with Crippen molar-refractivity contribution in [3.05, 3.63) is 33.9 Å². The van der Waals surface area contributed by atoms with Gasteiger partial charge in [-0.1, -0.05) is 0 Å². The van der Waals surface area contributed by atoms with Crippen LogP contribution in [0.5, 0.6) is 0 Å². The van der Waals surface area contributed by atoms with Crippen LogP contribution >= 0.6 is 0 Å². The highest BCUT2D eigenvalue weighted by atomic mass is 16.5. The summed E-state index contributed by atoms with van der Waals surface area (Å²) in [5.74, 6) is -0.410. The summed E-state index contributed by atoms with van der Waals surface area (Å²) in [5.41, 5.74) is 0.0208. The van der Waals surface area contributed by atoms with Crippen LogP contribution in [0.2, 0.25) is 0 Å². The van der Waals surface area contributed by atoms with Crippen LogP contribution in [0.1, 0.15) is 23.1 Å². The van der Waals surface area contributed by atoms with Crippen molar-refractivity contribution in [3.8, 4) is 0 Å². The molecule has 0 fully saturated rings. The number of carbonyl (C=O) groups is 1. The number of ketones is 1. The fourth-order valence-corrected chi connectivity index (χ4v) is 0.981. The normalized spacial score (nSPS) is 9.83. The highest BCUT2D eigenvalue weighted by Crippen LogP contribution is 2.00. The zero-order valence-electron chi connectivity index (χ0n) is 6.77. The molecule has 0 aliphatic carbocycles. The van der Waals surface area contributed by atoms with Crippen molar-refractivity contribution in [2.75, 3.05) is 0 Å². The lowest BCUT2D eigenvalue weighted by Crippen LogP contribution is -2.27. The van der Waals surface area contributed by atoms with Crippen LogP contribution in [-0.4, -0.2) is 10.5 Å². The molecule has 0 aliphatic heterocycles. The summed E-state index contributed by atoms with van der Waals surface area (Å²) in [6.45, 7) is 2.68. The average Bonchev–Trinajstić information content (AvgIpc) is 1.97. The first-order valence-electron chi connectivity index (χ1n) is 3.37. The standard InChI is InChI=1S/C7H8N2O3/c1-5-7(6(2)10)9(12)4-3-8(5)11/h3-4H,1-2H3. The Bertz CT molecular complexity index is 381. The summed E-state index contributed by atoms with van der Waals surface area (Å²) in [4.78, 5) is 21.8. The largest absolute Gasteiger partial charge is 0.805 e. The summed E-state index contributed by atoms with van der Waals surface area (Å²) in [5, 5.41) is 10.9. The minimum absolute atomic E-state index is 0.104. The summed E-state index contributed by atoms with van der Waals surface area (Å²) in [6, 6.07) is 0.